The highest BCUT2D eigenvalue weighted by Gasteiger charge is 2.41. The molecule has 0 saturated carbocycles. The van der Waals surface area contributed by atoms with Gasteiger partial charge in [0.05, 0.1) is 0 Å². The Morgan fingerprint density at radius 3 is 2.62 bits per heavy atom. The summed E-state index contributed by atoms with van der Waals surface area (Å²) in [4.78, 5) is 13.9. The second-order valence-corrected chi connectivity index (χ2v) is 2.94. The maximum absolute atomic E-state index is 12.4. The monoisotopic (exact) mass is 235 g/mol. The first-order chi connectivity index (χ1) is 7.36. The highest BCUT2D eigenvalue weighted by Crippen LogP contribution is 2.35. The van der Waals surface area contributed by atoms with Crippen molar-refractivity contribution in [1.29, 1.82) is 0 Å². The van der Waals surface area contributed by atoms with E-state index in [1.54, 1.807) is 0 Å². The highest BCUT2D eigenvalue weighted by molar-refractivity contribution is 5.85. The number of ether oxygens (including phenoxy) is 1. The van der Waals surface area contributed by atoms with Crippen LogP contribution in [-0.4, -0.2) is 29.3 Å². The smallest absolute Gasteiger partial charge is 0.418 e. The molecule has 1 atom stereocenters. The summed E-state index contributed by atoms with van der Waals surface area (Å²) in [5, 5.41) is 8.58. The number of carboxylic acid groups (broad SMARTS) is 1. The zero-order valence-electron chi connectivity index (χ0n) is 8.15. The summed E-state index contributed by atoms with van der Waals surface area (Å²) in [6, 6.07) is 1.90. The second-order valence-electron chi connectivity index (χ2n) is 2.94. The molecule has 0 spiro atoms. The van der Waals surface area contributed by atoms with Crippen LogP contribution >= 0.6 is 0 Å². The molecule has 0 aliphatic rings. The molecule has 1 aromatic rings. The molecule has 1 N–H and O–H groups in total. The Morgan fingerprint density at radius 1 is 1.56 bits per heavy atom. The average molecular weight is 235 g/mol. The summed E-state index contributed by atoms with van der Waals surface area (Å²) in [5.74, 6) is -1.39. The minimum absolute atomic E-state index is 0.289. The molecule has 0 saturated heterocycles. The van der Waals surface area contributed by atoms with E-state index in [9.17, 15) is 18.0 Å². The minimum atomic E-state index is -4.59. The van der Waals surface area contributed by atoms with Gasteiger partial charge in [-0.3, -0.25) is 0 Å². The van der Waals surface area contributed by atoms with Crippen molar-refractivity contribution >= 4 is 5.97 Å². The van der Waals surface area contributed by atoms with E-state index in [4.69, 9.17) is 5.11 Å². The number of carboxylic acids is 1. The fraction of sp³-hybridized carbons (Fsp3) is 0.333. The summed E-state index contributed by atoms with van der Waals surface area (Å²) < 4.78 is 41.6. The summed E-state index contributed by atoms with van der Waals surface area (Å²) in [6.45, 7) is 0. The van der Waals surface area contributed by atoms with Gasteiger partial charge < -0.3 is 9.84 Å². The van der Waals surface area contributed by atoms with Gasteiger partial charge in [-0.2, -0.15) is 13.2 Å². The number of hydrogen-bond donors (Lipinski definition) is 1. The van der Waals surface area contributed by atoms with Gasteiger partial charge >= 0.3 is 12.1 Å². The van der Waals surface area contributed by atoms with Crippen LogP contribution in [0.5, 0.6) is 0 Å². The number of nitrogens with zero attached hydrogens (tertiary/aromatic N) is 1. The maximum atomic E-state index is 12.4. The molecule has 1 unspecified atom stereocenters. The van der Waals surface area contributed by atoms with Crippen molar-refractivity contribution < 1.29 is 27.8 Å². The number of carbonyl (C=O) groups is 1. The molecule has 0 radical (unpaired) electrons. The number of rotatable bonds is 3. The van der Waals surface area contributed by atoms with Crippen LogP contribution < -0.4 is 0 Å². The lowest BCUT2D eigenvalue weighted by Crippen LogP contribution is -2.22. The van der Waals surface area contributed by atoms with Crippen LogP contribution in [-0.2, 0) is 4.74 Å². The normalized spacial score (nSPS) is 13.5. The second kappa shape index (κ2) is 4.48. The van der Waals surface area contributed by atoms with Gasteiger partial charge in [0.1, 0.15) is 5.69 Å². The Bertz CT molecular complexity index is 392. The third-order valence-electron chi connectivity index (χ3n) is 1.84. The maximum Gasteiger partial charge on any atom is 0.418 e. The molecule has 0 fully saturated rings. The number of pyridine rings is 1. The van der Waals surface area contributed by atoms with Crippen LogP contribution in [0.2, 0.25) is 0 Å². The van der Waals surface area contributed by atoms with Crippen molar-refractivity contribution in [2.24, 2.45) is 0 Å². The van der Waals surface area contributed by atoms with Gasteiger partial charge in [0.15, 0.2) is 6.10 Å². The van der Waals surface area contributed by atoms with Crippen molar-refractivity contribution in [2.75, 3.05) is 7.11 Å². The molecule has 88 valence electrons. The lowest BCUT2D eigenvalue weighted by molar-refractivity contribution is -0.216. The van der Waals surface area contributed by atoms with Gasteiger partial charge in [-0.05, 0) is 17.7 Å². The molecule has 1 rings (SSSR count). The molecule has 1 aromatic heterocycles. The molecule has 0 aliphatic heterocycles. The molecule has 16 heavy (non-hydrogen) atoms. The van der Waals surface area contributed by atoms with E-state index in [0.717, 1.165) is 25.4 Å². The Kier molecular flexibility index (Phi) is 3.48. The largest absolute Gasteiger partial charge is 0.477 e. The molecule has 0 aliphatic carbocycles. The lowest BCUT2D eigenvalue weighted by atomic mass is 10.1. The van der Waals surface area contributed by atoms with Crippen LogP contribution in [0.15, 0.2) is 18.3 Å². The summed E-state index contributed by atoms with van der Waals surface area (Å²) in [5.41, 5.74) is -0.744. The van der Waals surface area contributed by atoms with Gasteiger partial charge in [0, 0.05) is 13.3 Å². The summed E-state index contributed by atoms with van der Waals surface area (Å²) >= 11 is 0. The fourth-order valence-corrected chi connectivity index (χ4v) is 1.19. The quantitative estimate of drug-likeness (QED) is 0.870. The zero-order valence-corrected chi connectivity index (χ0v) is 8.15. The number of methoxy groups -OCH3 is 1. The van der Waals surface area contributed by atoms with E-state index < -0.39 is 23.9 Å². The predicted molar refractivity (Wildman–Crippen MR) is 47.0 cm³/mol. The van der Waals surface area contributed by atoms with Gasteiger partial charge in [-0.15, -0.1) is 0 Å². The zero-order chi connectivity index (χ0) is 12.3. The number of halogens is 3. The van der Waals surface area contributed by atoms with Crippen molar-refractivity contribution in [3.8, 4) is 0 Å². The Labute approximate surface area is 88.7 Å². The van der Waals surface area contributed by atoms with Crippen molar-refractivity contribution in [3.63, 3.8) is 0 Å². The van der Waals surface area contributed by atoms with E-state index in [2.05, 4.69) is 9.72 Å². The van der Waals surface area contributed by atoms with E-state index in [-0.39, 0.29) is 5.56 Å². The summed E-state index contributed by atoms with van der Waals surface area (Å²) in [6.07, 6.45) is -5.74. The number of aromatic nitrogens is 1. The van der Waals surface area contributed by atoms with Crippen LogP contribution in [0.1, 0.15) is 22.2 Å². The molecule has 1 heterocycles. The first-order valence-electron chi connectivity index (χ1n) is 4.15. The van der Waals surface area contributed by atoms with Gasteiger partial charge in [-0.25, -0.2) is 9.78 Å². The van der Waals surface area contributed by atoms with E-state index in [0.29, 0.717) is 0 Å². The summed E-state index contributed by atoms with van der Waals surface area (Å²) in [7, 11) is 0.902. The van der Waals surface area contributed by atoms with Gasteiger partial charge in [0.2, 0.25) is 0 Å². The van der Waals surface area contributed by atoms with E-state index >= 15 is 0 Å². The number of aromatic carboxylic acids is 1. The Hall–Kier alpha value is -1.63. The molecule has 4 nitrogen and oxygen atoms in total. The van der Waals surface area contributed by atoms with Crippen molar-refractivity contribution in [2.45, 2.75) is 12.3 Å². The van der Waals surface area contributed by atoms with Gasteiger partial charge in [-0.1, -0.05) is 0 Å². The Morgan fingerprint density at radius 2 is 2.19 bits per heavy atom. The van der Waals surface area contributed by atoms with E-state index in [1.165, 1.54) is 0 Å². The predicted octanol–water partition coefficient (Wildman–Crippen LogP) is 2.03. The lowest BCUT2D eigenvalue weighted by Gasteiger charge is -2.18. The molecule has 0 aromatic carbocycles. The number of alkyl halides is 3. The van der Waals surface area contributed by atoms with E-state index in [1.807, 2.05) is 0 Å². The standard InChI is InChI=1S/C9H8F3NO3/c1-16-7(9(10,11)12)5-2-3-13-6(4-5)8(14)15/h2-4,7H,1H3,(H,14,15). The number of hydrogen-bond acceptors (Lipinski definition) is 3. The van der Waals surface area contributed by atoms with Crippen molar-refractivity contribution in [3.05, 3.63) is 29.6 Å². The Balaban J connectivity index is 3.11. The first kappa shape index (κ1) is 12.4. The minimum Gasteiger partial charge on any atom is -0.477 e. The fourth-order valence-electron chi connectivity index (χ4n) is 1.19. The molecular weight excluding hydrogens is 227 g/mol. The first-order valence-corrected chi connectivity index (χ1v) is 4.15. The van der Waals surface area contributed by atoms with Crippen LogP contribution in [0, 0.1) is 0 Å². The third-order valence-corrected chi connectivity index (χ3v) is 1.84. The van der Waals surface area contributed by atoms with Crippen LogP contribution in [0.3, 0.4) is 0 Å². The molecular formula is C9H8F3NO3. The molecule has 0 amide bonds. The SMILES string of the molecule is COC(c1ccnc(C(=O)O)c1)C(F)(F)F. The third kappa shape index (κ3) is 2.69. The van der Waals surface area contributed by atoms with Crippen LogP contribution in [0.25, 0.3) is 0 Å². The molecule has 0 bridgehead atoms. The molecule has 7 heteroatoms. The average Bonchev–Trinajstić information content (AvgIpc) is 2.17. The van der Waals surface area contributed by atoms with Gasteiger partial charge in [0.25, 0.3) is 0 Å². The van der Waals surface area contributed by atoms with Crippen LogP contribution in [0.4, 0.5) is 13.2 Å². The highest BCUT2D eigenvalue weighted by atomic mass is 19.4. The van der Waals surface area contributed by atoms with Crippen molar-refractivity contribution in [1.82, 2.24) is 4.98 Å². The topological polar surface area (TPSA) is 59.4 Å².